The zero-order chi connectivity index (χ0) is 38.3. The first-order chi connectivity index (χ1) is 27.9. The molecule has 8 aromatic rings. The summed E-state index contributed by atoms with van der Waals surface area (Å²) in [6, 6.07) is 48.2. The van der Waals surface area contributed by atoms with Crippen molar-refractivity contribution in [2.24, 2.45) is 23.7 Å². The fraction of sp³-hybridized carbons (Fsp3) is 0.269. The van der Waals surface area contributed by atoms with Crippen LogP contribution in [0.4, 0.5) is 0 Å². The summed E-state index contributed by atoms with van der Waals surface area (Å²) in [6.45, 7) is 7.59. The van der Waals surface area contributed by atoms with Gasteiger partial charge in [0.2, 0.25) is 0 Å². The molecule has 4 aliphatic carbocycles. The molecule has 0 N–H and O–H groups in total. The van der Waals surface area contributed by atoms with Crippen LogP contribution in [0, 0.1) is 56.6 Å². The Morgan fingerprint density at radius 3 is 2.19 bits per heavy atom. The predicted molar refractivity (Wildman–Crippen MR) is 228 cm³/mol. The maximum absolute atomic E-state index is 6.55. The van der Waals surface area contributed by atoms with Crippen LogP contribution in [-0.4, -0.2) is 19.3 Å². The van der Waals surface area contributed by atoms with Crippen molar-refractivity contribution >= 4 is 21.8 Å². The largest absolute Gasteiger partial charge is 2.00 e. The van der Waals surface area contributed by atoms with Crippen LogP contribution in [0.15, 0.2) is 128 Å². The molecule has 5 aromatic carbocycles. The Balaban J connectivity index is 0.00000408. The van der Waals surface area contributed by atoms with Crippen molar-refractivity contribution in [1.82, 2.24) is 19.3 Å². The molecule has 12 rings (SSSR count). The van der Waals surface area contributed by atoms with Crippen molar-refractivity contribution in [3.8, 4) is 28.6 Å². The third-order valence-corrected chi connectivity index (χ3v) is 13.9. The monoisotopic (exact) mass is 937 g/mol. The molecule has 0 atom stereocenters. The van der Waals surface area contributed by atoms with Gasteiger partial charge in [0.05, 0.1) is 6.54 Å². The number of aryl methyl sites for hydroxylation is 2. The Hall–Kier alpha value is -5.25. The molecule has 58 heavy (non-hydrogen) atoms. The third kappa shape index (κ3) is 6.08. The molecule has 0 amide bonds. The Labute approximate surface area is 355 Å². The molecule has 3 heterocycles. The number of hydrogen-bond donors (Lipinski definition) is 0. The number of aromatic nitrogens is 4. The van der Waals surface area contributed by atoms with Crippen LogP contribution in [0.2, 0.25) is 0 Å². The second kappa shape index (κ2) is 14.5. The molecule has 4 bridgehead atoms. The van der Waals surface area contributed by atoms with Crippen molar-refractivity contribution < 1.29 is 25.8 Å². The molecule has 4 saturated carbocycles. The van der Waals surface area contributed by atoms with E-state index in [9.17, 15) is 0 Å². The topological polar surface area (TPSA) is 44.9 Å². The van der Waals surface area contributed by atoms with Gasteiger partial charge in [-0.25, -0.2) is 10.1 Å². The zero-order valence-electron chi connectivity index (χ0n) is 33.2. The van der Waals surface area contributed by atoms with Gasteiger partial charge < -0.3 is 9.30 Å². The molecule has 0 unspecified atom stereocenters. The zero-order valence-corrected chi connectivity index (χ0v) is 35.5. The summed E-state index contributed by atoms with van der Waals surface area (Å²) in [5.41, 5.74) is 12.1. The van der Waals surface area contributed by atoms with E-state index in [4.69, 9.17) is 14.8 Å². The summed E-state index contributed by atoms with van der Waals surface area (Å²) in [5.74, 6) is 5.20. The molecule has 0 spiro atoms. The average Bonchev–Trinajstić information content (AvgIpc) is 3.83. The van der Waals surface area contributed by atoms with Gasteiger partial charge in [0.25, 0.3) is 0 Å². The van der Waals surface area contributed by atoms with Crippen molar-refractivity contribution in [2.75, 3.05) is 0 Å². The van der Waals surface area contributed by atoms with Crippen molar-refractivity contribution in [2.45, 2.75) is 64.8 Å². The summed E-state index contributed by atoms with van der Waals surface area (Å²) in [6.07, 6.45) is 10.8. The number of benzene rings is 5. The third-order valence-electron chi connectivity index (χ3n) is 13.9. The molecular formula is C52H46N4OPt. The molecule has 5 nitrogen and oxygen atoms in total. The minimum atomic E-state index is -0.0245. The van der Waals surface area contributed by atoms with Gasteiger partial charge in [0, 0.05) is 40.5 Å². The van der Waals surface area contributed by atoms with Crippen molar-refractivity contribution in [1.29, 1.82) is 0 Å². The van der Waals surface area contributed by atoms with Crippen molar-refractivity contribution in [3.05, 3.63) is 173 Å². The van der Waals surface area contributed by atoms with E-state index in [1.165, 1.54) is 70.9 Å². The molecule has 0 radical (unpaired) electrons. The normalized spacial score (nSPS) is 22.1. The Morgan fingerprint density at radius 2 is 1.41 bits per heavy atom. The Morgan fingerprint density at radius 1 is 0.690 bits per heavy atom. The molecule has 0 aliphatic heterocycles. The Bertz CT molecular complexity index is 2770. The minimum absolute atomic E-state index is 0. The van der Waals surface area contributed by atoms with E-state index in [-0.39, 0.29) is 26.5 Å². The maximum Gasteiger partial charge on any atom is 2.00 e. The van der Waals surface area contributed by atoms with Crippen LogP contribution in [0.5, 0.6) is 11.5 Å². The van der Waals surface area contributed by atoms with Gasteiger partial charge in [-0.2, -0.15) is 6.07 Å². The van der Waals surface area contributed by atoms with Gasteiger partial charge in [0.1, 0.15) is 5.82 Å². The molecule has 3 aromatic heterocycles. The van der Waals surface area contributed by atoms with E-state index in [2.05, 4.69) is 123 Å². The van der Waals surface area contributed by atoms with E-state index < -0.39 is 0 Å². The van der Waals surface area contributed by atoms with E-state index in [1.807, 2.05) is 47.3 Å². The van der Waals surface area contributed by atoms with Crippen LogP contribution < -0.4 is 4.74 Å². The molecule has 0 saturated heterocycles. The number of pyridine rings is 1. The minimum Gasteiger partial charge on any atom is -0.503 e. The molecular weight excluding hydrogens is 892 g/mol. The SMILES string of the molecule is Cc1cc(C2(c3ccnc(-n4c5[c-]c(Oc6[c-]c(-c7ccn(Cc8ccccc8)n7)ccc6)ccc5c5ccccc54)c3)C3CC4CC(C3)CC2C4)cc(C)c1C.[Pt+2]. The molecule has 4 aliphatic rings. The van der Waals surface area contributed by atoms with E-state index in [0.29, 0.717) is 29.9 Å². The second-order valence-corrected chi connectivity index (χ2v) is 17.2. The van der Waals surface area contributed by atoms with Crippen LogP contribution in [0.1, 0.15) is 65.5 Å². The van der Waals surface area contributed by atoms with Crippen molar-refractivity contribution in [3.63, 3.8) is 0 Å². The predicted octanol–water partition coefficient (Wildman–Crippen LogP) is 12.1. The van der Waals surface area contributed by atoms with Crippen LogP contribution in [-0.2, 0) is 33.0 Å². The van der Waals surface area contributed by atoms with E-state index in [0.717, 1.165) is 45.3 Å². The first-order valence-electron chi connectivity index (χ1n) is 20.7. The Kier molecular flexibility index (Phi) is 9.29. The fourth-order valence-electron chi connectivity index (χ4n) is 11.4. The summed E-state index contributed by atoms with van der Waals surface area (Å²) in [5, 5.41) is 7.15. The number of rotatable bonds is 8. The smallest absolute Gasteiger partial charge is 0.503 e. The van der Waals surface area contributed by atoms with Gasteiger partial charge in [-0.15, -0.1) is 41.3 Å². The molecule has 290 valence electrons. The average molecular weight is 938 g/mol. The number of fused-ring (bicyclic) bond motifs is 3. The summed E-state index contributed by atoms with van der Waals surface area (Å²) in [7, 11) is 0. The maximum atomic E-state index is 6.55. The quantitative estimate of drug-likeness (QED) is 0.143. The summed E-state index contributed by atoms with van der Waals surface area (Å²) in [4.78, 5) is 5.14. The first kappa shape index (κ1) is 37.0. The van der Waals surface area contributed by atoms with Crippen LogP contribution >= 0.6 is 0 Å². The number of nitrogens with zero attached hydrogens (tertiary/aromatic N) is 4. The van der Waals surface area contributed by atoms with E-state index >= 15 is 0 Å². The summed E-state index contributed by atoms with van der Waals surface area (Å²) < 4.78 is 10.8. The second-order valence-electron chi connectivity index (χ2n) is 17.2. The van der Waals surface area contributed by atoms with Gasteiger partial charge in [-0.05, 0) is 134 Å². The number of para-hydroxylation sites is 1. The van der Waals surface area contributed by atoms with Gasteiger partial charge >= 0.3 is 21.1 Å². The number of hydrogen-bond acceptors (Lipinski definition) is 3. The van der Waals surface area contributed by atoms with Crippen LogP contribution in [0.25, 0.3) is 38.9 Å². The first-order valence-corrected chi connectivity index (χ1v) is 20.7. The summed E-state index contributed by atoms with van der Waals surface area (Å²) >= 11 is 0. The molecule has 6 heteroatoms. The standard InChI is InChI=1S/C52H46N4O.Pt/c1-33-22-41(23-34(2)35(33)3)52(42-25-37-24-38(27-42)28-43(52)26-37)40-18-20-53-51(30-40)56-49-15-8-7-14-46(49)47-17-16-45(31-50(47)56)57-44-13-9-12-39(29-44)48-19-21-55(54-48)32-36-10-5-4-6-11-36;/h4-23,30,37-38,42-43H,24-28,32H2,1-3H3;/q-2;+2. The number of ether oxygens (including phenoxy) is 1. The van der Waals surface area contributed by atoms with Crippen LogP contribution in [0.3, 0.4) is 0 Å². The van der Waals surface area contributed by atoms with Gasteiger partial charge in [-0.3, -0.25) is 4.68 Å². The van der Waals surface area contributed by atoms with Gasteiger partial charge in [0.15, 0.2) is 0 Å². The fourth-order valence-corrected chi connectivity index (χ4v) is 11.4. The molecule has 4 fully saturated rings. The van der Waals surface area contributed by atoms with Gasteiger partial charge in [-0.1, -0.05) is 78.3 Å². The van der Waals surface area contributed by atoms with E-state index in [1.54, 1.807) is 0 Å².